The minimum absolute atomic E-state index is 0.0418. The van der Waals surface area contributed by atoms with Crippen LogP contribution in [0.1, 0.15) is 80.0 Å². The molecule has 47 heavy (non-hydrogen) atoms. The molecule has 2 aliphatic heterocycles. The Morgan fingerprint density at radius 2 is 1.91 bits per heavy atom. The standard InChI is InChI=1S/C35H38N6O4S2/c1-19(2)24-18-47(42,43)33-30(29(35-38-20(3)41-45-35)27(39-31(24)33)7-6-21-11-15-44-16-12-21)28-17-22-10-14-37-34(32(22)46-28)40-26-9-8-25-23(26)5-4-13-36-25/h4-5,10,13-14,17,19,21,24,26H,6-9,11-12,15-16,18H2,1-3H3,(H,37,40)/t24-,26?/m1/s1. The number of sulfone groups is 1. The molecule has 0 saturated carbocycles. The van der Waals surface area contributed by atoms with Crippen LogP contribution in [-0.2, 0) is 27.4 Å². The fraction of sp³-hybridized carbons (Fsp3) is 0.457. The molecule has 1 aliphatic carbocycles. The number of fused-ring (bicyclic) bond motifs is 3. The van der Waals surface area contributed by atoms with Crippen molar-refractivity contribution in [1.82, 2.24) is 25.1 Å². The highest BCUT2D eigenvalue weighted by atomic mass is 32.2. The molecule has 0 radical (unpaired) electrons. The zero-order valence-corrected chi connectivity index (χ0v) is 28.5. The molecular weight excluding hydrogens is 633 g/mol. The summed E-state index contributed by atoms with van der Waals surface area (Å²) in [6.07, 6.45) is 9.14. The first-order chi connectivity index (χ1) is 22.8. The van der Waals surface area contributed by atoms with Gasteiger partial charge >= 0.3 is 0 Å². The number of thiophene rings is 1. The number of aryl methyl sites for hydroxylation is 3. The number of pyridine rings is 3. The molecule has 244 valence electrons. The van der Waals surface area contributed by atoms with Crippen molar-refractivity contribution in [1.29, 1.82) is 0 Å². The number of nitrogens with one attached hydrogen (secondary N) is 1. The summed E-state index contributed by atoms with van der Waals surface area (Å²) in [5, 5.41) is 8.80. The van der Waals surface area contributed by atoms with Crippen molar-refractivity contribution in [3.05, 3.63) is 65.1 Å². The molecule has 0 spiro atoms. The molecule has 0 amide bonds. The first-order valence-electron chi connectivity index (χ1n) is 16.5. The van der Waals surface area contributed by atoms with E-state index in [4.69, 9.17) is 19.2 Å². The zero-order chi connectivity index (χ0) is 32.3. The highest BCUT2D eigenvalue weighted by Gasteiger charge is 2.43. The molecule has 1 N–H and O–H groups in total. The second kappa shape index (κ2) is 12.1. The molecule has 12 heteroatoms. The highest BCUT2D eigenvalue weighted by molar-refractivity contribution is 7.92. The Balaban J connectivity index is 1.31. The van der Waals surface area contributed by atoms with Gasteiger partial charge in [-0.25, -0.2) is 13.4 Å². The largest absolute Gasteiger partial charge is 0.381 e. The van der Waals surface area contributed by atoms with E-state index in [2.05, 4.69) is 46.4 Å². The summed E-state index contributed by atoms with van der Waals surface area (Å²) in [5.41, 5.74) is 5.07. The minimum atomic E-state index is -3.65. The molecule has 0 aromatic carbocycles. The van der Waals surface area contributed by atoms with E-state index in [1.165, 1.54) is 5.56 Å². The van der Waals surface area contributed by atoms with Crippen LogP contribution in [0.3, 0.4) is 0 Å². The number of ether oxygens (including phenoxy) is 1. The van der Waals surface area contributed by atoms with E-state index >= 15 is 0 Å². The van der Waals surface area contributed by atoms with Gasteiger partial charge in [-0.1, -0.05) is 25.1 Å². The Hall–Kier alpha value is -3.74. The van der Waals surface area contributed by atoms with Crippen LogP contribution in [0.15, 0.2) is 46.1 Å². The van der Waals surface area contributed by atoms with Gasteiger partial charge < -0.3 is 14.6 Å². The molecule has 10 nitrogen and oxygen atoms in total. The summed E-state index contributed by atoms with van der Waals surface area (Å²) in [6.45, 7) is 7.47. The molecule has 2 atom stereocenters. The quantitative estimate of drug-likeness (QED) is 0.182. The maximum absolute atomic E-state index is 14.1. The van der Waals surface area contributed by atoms with Crippen molar-refractivity contribution in [3.63, 3.8) is 0 Å². The second-order valence-corrected chi connectivity index (χ2v) is 16.4. The topological polar surface area (TPSA) is 133 Å². The number of rotatable bonds is 8. The first kappa shape index (κ1) is 30.6. The molecule has 1 unspecified atom stereocenters. The first-order valence-corrected chi connectivity index (χ1v) is 19.0. The van der Waals surface area contributed by atoms with E-state index in [1.54, 1.807) is 18.3 Å². The Labute approximate surface area is 278 Å². The minimum Gasteiger partial charge on any atom is -0.381 e. The van der Waals surface area contributed by atoms with Gasteiger partial charge in [0.05, 0.1) is 38.3 Å². The predicted molar refractivity (Wildman–Crippen MR) is 181 cm³/mol. The van der Waals surface area contributed by atoms with Crippen LogP contribution in [-0.4, -0.2) is 52.5 Å². The van der Waals surface area contributed by atoms with E-state index in [0.717, 1.165) is 77.5 Å². The lowest BCUT2D eigenvalue weighted by molar-refractivity contribution is 0.0639. The second-order valence-electron chi connectivity index (χ2n) is 13.4. The van der Waals surface area contributed by atoms with Gasteiger partial charge in [-0.3, -0.25) is 9.97 Å². The monoisotopic (exact) mass is 670 g/mol. The summed E-state index contributed by atoms with van der Waals surface area (Å²) < 4.78 is 40.7. The van der Waals surface area contributed by atoms with Crippen molar-refractivity contribution in [3.8, 4) is 21.9 Å². The fourth-order valence-electron chi connectivity index (χ4n) is 7.45. The Morgan fingerprint density at radius 1 is 1.06 bits per heavy atom. The molecule has 3 aliphatic rings. The summed E-state index contributed by atoms with van der Waals surface area (Å²) in [7, 11) is -3.65. The molecule has 5 aromatic rings. The van der Waals surface area contributed by atoms with E-state index in [1.807, 2.05) is 24.5 Å². The molecule has 1 saturated heterocycles. The number of nitrogens with zero attached hydrogens (tertiary/aromatic N) is 5. The van der Waals surface area contributed by atoms with Crippen LogP contribution in [0.5, 0.6) is 0 Å². The predicted octanol–water partition coefficient (Wildman–Crippen LogP) is 7.10. The number of hydrogen-bond acceptors (Lipinski definition) is 11. The van der Waals surface area contributed by atoms with Crippen molar-refractivity contribution < 1.29 is 17.7 Å². The van der Waals surface area contributed by atoms with Crippen LogP contribution in [0.4, 0.5) is 5.82 Å². The SMILES string of the molecule is Cc1noc(-c2c(CCC3CCOCC3)nc3c(c2-c2cc4ccnc(NC5CCc6ncccc65)c4s2)S(=O)(=O)C[C@@H]3C(C)C)n1. The number of hydrogen-bond donors (Lipinski definition) is 1. The Kier molecular flexibility index (Phi) is 7.84. The van der Waals surface area contributed by atoms with Gasteiger partial charge in [0.15, 0.2) is 15.7 Å². The van der Waals surface area contributed by atoms with Gasteiger partial charge in [0.25, 0.3) is 5.89 Å². The molecular formula is C35H38N6O4S2. The van der Waals surface area contributed by atoms with Gasteiger partial charge in [-0.2, -0.15) is 4.98 Å². The van der Waals surface area contributed by atoms with E-state index in [0.29, 0.717) is 45.8 Å². The smallest absolute Gasteiger partial charge is 0.260 e. The summed E-state index contributed by atoms with van der Waals surface area (Å²) in [6, 6.07) is 8.28. The Bertz CT molecular complexity index is 2080. The summed E-state index contributed by atoms with van der Waals surface area (Å²) >= 11 is 1.55. The van der Waals surface area contributed by atoms with Gasteiger partial charge in [-0.15, -0.1) is 11.3 Å². The normalized spacial score (nSPS) is 20.6. The van der Waals surface area contributed by atoms with Crippen LogP contribution in [0, 0.1) is 18.8 Å². The average Bonchev–Trinajstić information content (AvgIpc) is 3.85. The van der Waals surface area contributed by atoms with Crippen LogP contribution >= 0.6 is 11.3 Å². The fourth-order valence-corrected chi connectivity index (χ4v) is 10.9. The van der Waals surface area contributed by atoms with Crippen molar-refractivity contribution in [2.24, 2.45) is 11.8 Å². The Morgan fingerprint density at radius 3 is 2.70 bits per heavy atom. The van der Waals surface area contributed by atoms with Crippen LogP contribution in [0.2, 0.25) is 0 Å². The summed E-state index contributed by atoms with van der Waals surface area (Å²) in [5.74, 6) is 2.05. The third kappa shape index (κ3) is 5.53. The third-order valence-electron chi connectivity index (χ3n) is 9.95. The maximum atomic E-state index is 14.1. The summed E-state index contributed by atoms with van der Waals surface area (Å²) in [4.78, 5) is 20.3. The lowest BCUT2D eigenvalue weighted by Crippen LogP contribution is -2.17. The maximum Gasteiger partial charge on any atom is 0.260 e. The molecule has 5 aromatic heterocycles. The van der Waals surface area contributed by atoms with E-state index < -0.39 is 9.84 Å². The van der Waals surface area contributed by atoms with E-state index in [-0.39, 0.29) is 23.6 Å². The van der Waals surface area contributed by atoms with E-state index in [9.17, 15) is 8.42 Å². The number of anilines is 1. The molecule has 0 bridgehead atoms. The van der Waals surface area contributed by atoms with Crippen molar-refractivity contribution >= 4 is 37.1 Å². The van der Waals surface area contributed by atoms with Gasteiger partial charge in [0.1, 0.15) is 5.82 Å². The lowest BCUT2D eigenvalue weighted by Gasteiger charge is -2.23. The van der Waals surface area contributed by atoms with Crippen molar-refractivity contribution in [2.45, 2.75) is 76.2 Å². The third-order valence-corrected chi connectivity index (χ3v) is 13.0. The van der Waals surface area contributed by atoms with Crippen LogP contribution in [0.25, 0.3) is 32.0 Å². The zero-order valence-electron chi connectivity index (χ0n) is 26.8. The highest BCUT2D eigenvalue weighted by Crippen LogP contribution is 2.51. The number of aromatic nitrogens is 5. The molecule has 7 heterocycles. The molecule has 1 fully saturated rings. The lowest BCUT2D eigenvalue weighted by atomic mass is 9.89. The van der Waals surface area contributed by atoms with Gasteiger partial charge in [-0.05, 0) is 86.4 Å². The van der Waals surface area contributed by atoms with Crippen LogP contribution < -0.4 is 5.32 Å². The van der Waals surface area contributed by atoms with Gasteiger partial charge in [0, 0.05) is 47.7 Å². The molecule has 8 rings (SSSR count). The van der Waals surface area contributed by atoms with Gasteiger partial charge in [0.2, 0.25) is 0 Å². The van der Waals surface area contributed by atoms with Crippen molar-refractivity contribution in [2.75, 3.05) is 24.3 Å². The average molecular weight is 671 g/mol.